The van der Waals surface area contributed by atoms with E-state index in [9.17, 15) is 5.11 Å². The van der Waals surface area contributed by atoms with E-state index < -0.39 is 0 Å². The molecule has 2 atom stereocenters. The van der Waals surface area contributed by atoms with Crippen LogP contribution in [0.3, 0.4) is 0 Å². The Morgan fingerprint density at radius 2 is 2.40 bits per heavy atom. The van der Waals surface area contributed by atoms with E-state index >= 15 is 0 Å². The van der Waals surface area contributed by atoms with Gasteiger partial charge in [0.15, 0.2) is 5.82 Å². The highest BCUT2D eigenvalue weighted by Gasteiger charge is 2.30. The Morgan fingerprint density at radius 1 is 1.60 bits per heavy atom. The zero-order valence-corrected chi connectivity index (χ0v) is 8.93. The SMILES string of the molecule is C[C@H]1CN(c2ncccc2N)C[C@@H]1CO. The summed E-state index contributed by atoms with van der Waals surface area (Å²) in [4.78, 5) is 6.44. The molecular formula is C11H17N3O. The van der Waals surface area contributed by atoms with Crippen molar-refractivity contribution >= 4 is 11.5 Å². The number of hydrogen-bond acceptors (Lipinski definition) is 4. The first kappa shape index (κ1) is 10.2. The van der Waals surface area contributed by atoms with Crippen molar-refractivity contribution in [1.29, 1.82) is 0 Å². The Labute approximate surface area is 89.7 Å². The number of nitrogens with zero attached hydrogens (tertiary/aromatic N) is 2. The highest BCUT2D eigenvalue weighted by atomic mass is 16.3. The summed E-state index contributed by atoms with van der Waals surface area (Å²) < 4.78 is 0. The third-order valence-electron chi connectivity index (χ3n) is 3.12. The quantitative estimate of drug-likeness (QED) is 0.750. The van der Waals surface area contributed by atoms with Crippen LogP contribution in [0.2, 0.25) is 0 Å². The van der Waals surface area contributed by atoms with Gasteiger partial charge in [0.25, 0.3) is 0 Å². The number of rotatable bonds is 2. The van der Waals surface area contributed by atoms with Gasteiger partial charge >= 0.3 is 0 Å². The predicted octanol–water partition coefficient (Wildman–Crippen LogP) is 0.728. The third kappa shape index (κ3) is 1.90. The number of nitrogen functional groups attached to an aromatic ring is 1. The maximum atomic E-state index is 9.19. The van der Waals surface area contributed by atoms with Crippen LogP contribution in [0, 0.1) is 11.8 Å². The lowest BCUT2D eigenvalue weighted by Crippen LogP contribution is -2.22. The minimum Gasteiger partial charge on any atom is -0.396 e. The molecule has 4 heteroatoms. The second-order valence-corrected chi connectivity index (χ2v) is 4.24. The number of hydrogen-bond donors (Lipinski definition) is 2. The smallest absolute Gasteiger partial charge is 0.151 e. The highest BCUT2D eigenvalue weighted by Crippen LogP contribution is 2.29. The number of aromatic nitrogens is 1. The van der Waals surface area contributed by atoms with Gasteiger partial charge in [0, 0.05) is 31.8 Å². The van der Waals surface area contributed by atoms with Gasteiger partial charge in [0.05, 0.1) is 5.69 Å². The number of pyridine rings is 1. The maximum absolute atomic E-state index is 9.19. The summed E-state index contributed by atoms with van der Waals surface area (Å²) in [7, 11) is 0. The summed E-state index contributed by atoms with van der Waals surface area (Å²) in [5.41, 5.74) is 6.58. The second-order valence-electron chi connectivity index (χ2n) is 4.24. The molecule has 1 saturated heterocycles. The molecule has 0 aliphatic carbocycles. The van der Waals surface area contributed by atoms with Gasteiger partial charge in [-0.3, -0.25) is 0 Å². The predicted molar refractivity (Wildman–Crippen MR) is 60.6 cm³/mol. The number of aliphatic hydroxyl groups excluding tert-OH is 1. The van der Waals surface area contributed by atoms with Crippen molar-refractivity contribution in [3.63, 3.8) is 0 Å². The van der Waals surface area contributed by atoms with Crippen LogP contribution in [0.15, 0.2) is 18.3 Å². The first-order valence-electron chi connectivity index (χ1n) is 5.28. The molecule has 1 fully saturated rings. The molecule has 2 heterocycles. The standard InChI is InChI=1S/C11H17N3O/c1-8-5-14(6-9(8)7-15)11-10(12)3-2-4-13-11/h2-4,8-9,15H,5-7,12H2,1H3/t8-,9+/m0/s1. The van der Waals surface area contributed by atoms with Crippen LogP contribution in [-0.4, -0.2) is 29.8 Å². The van der Waals surface area contributed by atoms with Crippen molar-refractivity contribution in [2.24, 2.45) is 11.8 Å². The van der Waals surface area contributed by atoms with Gasteiger partial charge in [-0.15, -0.1) is 0 Å². The van der Waals surface area contributed by atoms with Crippen LogP contribution < -0.4 is 10.6 Å². The summed E-state index contributed by atoms with van der Waals surface area (Å²) in [6, 6.07) is 3.70. The van der Waals surface area contributed by atoms with E-state index in [0.717, 1.165) is 18.9 Å². The highest BCUT2D eigenvalue weighted by molar-refractivity contribution is 5.62. The Kier molecular flexibility index (Phi) is 2.77. The Hall–Kier alpha value is -1.29. The molecule has 3 N–H and O–H groups in total. The van der Waals surface area contributed by atoms with Crippen molar-refractivity contribution in [3.05, 3.63) is 18.3 Å². The Balaban J connectivity index is 2.17. The van der Waals surface area contributed by atoms with E-state index in [4.69, 9.17) is 5.73 Å². The molecule has 15 heavy (non-hydrogen) atoms. The summed E-state index contributed by atoms with van der Waals surface area (Å²) in [5, 5.41) is 9.19. The van der Waals surface area contributed by atoms with Gasteiger partial charge in [-0.1, -0.05) is 6.92 Å². The van der Waals surface area contributed by atoms with E-state index in [0.29, 0.717) is 17.5 Å². The van der Waals surface area contributed by atoms with Gasteiger partial charge in [-0.05, 0) is 18.1 Å². The van der Waals surface area contributed by atoms with Gasteiger partial charge < -0.3 is 15.7 Å². The zero-order chi connectivity index (χ0) is 10.8. The molecule has 0 amide bonds. The molecule has 1 aromatic heterocycles. The molecule has 1 aromatic rings. The Bertz CT molecular complexity index is 342. The monoisotopic (exact) mass is 207 g/mol. The van der Waals surface area contributed by atoms with Crippen LogP contribution in [-0.2, 0) is 0 Å². The molecular weight excluding hydrogens is 190 g/mol. The minimum atomic E-state index is 0.240. The van der Waals surface area contributed by atoms with Crippen LogP contribution in [0.25, 0.3) is 0 Å². The number of aliphatic hydroxyl groups is 1. The van der Waals surface area contributed by atoms with Crippen molar-refractivity contribution < 1.29 is 5.11 Å². The lowest BCUT2D eigenvalue weighted by molar-refractivity contribution is 0.212. The molecule has 0 spiro atoms. The van der Waals surface area contributed by atoms with Gasteiger partial charge in [0.2, 0.25) is 0 Å². The molecule has 0 saturated carbocycles. The maximum Gasteiger partial charge on any atom is 0.151 e. The van der Waals surface area contributed by atoms with Crippen LogP contribution in [0.1, 0.15) is 6.92 Å². The topological polar surface area (TPSA) is 62.4 Å². The first-order valence-corrected chi connectivity index (χ1v) is 5.28. The average molecular weight is 207 g/mol. The summed E-state index contributed by atoms with van der Waals surface area (Å²) >= 11 is 0. The van der Waals surface area contributed by atoms with Crippen molar-refractivity contribution in [2.75, 3.05) is 30.3 Å². The first-order chi connectivity index (χ1) is 7.22. The summed E-state index contributed by atoms with van der Waals surface area (Å²) in [6.45, 7) is 4.16. The molecule has 4 nitrogen and oxygen atoms in total. The Morgan fingerprint density at radius 3 is 3.00 bits per heavy atom. The van der Waals surface area contributed by atoms with Crippen molar-refractivity contribution in [2.45, 2.75) is 6.92 Å². The second kappa shape index (κ2) is 4.06. The molecule has 0 unspecified atom stereocenters. The van der Waals surface area contributed by atoms with Crippen molar-refractivity contribution in [3.8, 4) is 0 Å². The average Bonchev–Trinajstić information content (AvgIpc) is 2.60. The van der Waals surface area contributed by atoms with Crippen molar-refractivity contribution in [1.82, 2.24) is 4.98 Å². The van der Waals surface area contributed by atoms with Gasteiger partial charge in [-0.25, -0.2) is 4.98 Å². The van der Waals surface area contributed by atoms with E-state index in [1.807, 2.05) is 12.1 Å². The molecule has 82 valence electrons. The fourth-order valence-corrected chi connectivity index (χ4v) is 2.12. The van der Waals surface area contributed by atoms with Gasteiger partial charge in [0.1, 0.15) is 0 Å². The minimum absolute atomic E-state index is 0.240. The number of anilines is 2. The molecule has 1 aliphatic rings. The zero-order valence-electron chi connectivity index (χ0n) is 8.93. The normalized spacial score (nSPS) is 25.9. The van der Waals surface area contributed by atoms with E-state index in [1.165, 1.54) is 0 Å². The molecule has 1 aliphatic heterocycles. The molecule has 0 radical (unpaired) electrons. The fraction of sp³-hybridized carbons (Fsp3) is 0.545. The van der Waals surface area contributed by atoms with E-state index in [1.54, 1.807) is 6.20 Å². The molecule has 0 aromatic carbocycles. The van der Waals surface area contributed by atoms with E-state index in [2.05, 4.69) is 16.8 Å². The van der Waals surface area contributed by atoms with E-state index in [-0.39, 0.29) is 6.61 Å². The van der Waals surface area contributed by atoms with Crippen LogP contribution in [0.5, 0.6) is 0 Å². The molecule has 2 rings (SSSR count). The lowest BCUT2D eigenvalue weighted by Gasteiger charge is -2.18. The van der Waals surface area contributed by atoms with Crippen LogP contribution >= 0.6 is 0 Å². The van der Waals surface area contributed by atoms with Gasteiger partial charge in [-0.2, -0.15) is 0 Å². The fourth-order valence-electron chi connectivity index (χ4n) is 2.12. The number of nitrogens with two attached hydrogens (primary N) is 1. The third-order valence-corrected chi connectivity index (χ3v) is 3.12. The summed E-state index contributed by atoms with van der Waals surface area (Å²) in [6.07, 6.45) is 1.75. The summed E-state index contributed by atoms with van der Waals surface area (Å²) in [5.74, 6) is 1.68. The largest absolute Gasteiger partial charge is 0.396 e. The lowest BCUT2D eigenvalue weighted by atomic mass is 10.00. The molecule has 0 bridgehead atoms. The van der Waals surface area contributed by atoms with Crippen LogP contribution in [0.4, 0.5) is 11.5 Å².